The Hall–Kier alpha value is -3.30. The van der Waals surface area contributed by atoms with Gasteiger partial charge in [-0.25, -0.2) is 8.78 Å². The largest absolute Gasteiger partial charge is 0.504 e. The van der Waals surface area contributed by atoms with Crippen LogP contribution < -0.4 is 9.62 Å². The zero-order valence-electron chi connectivity index (χ0n) is 19.9. The number of nitrogens with zero attached hydrogens (tertiary/aromatic N) is 1. The number of likely N-dealkylation sites (N-methyl/N-ethyl adjacent to an activating group) is 1. The number of benzene rings is 2. The summed E-state index contributed by atoms with van der Waals surface area (Å²) in [5, 5.41) is 23.8. The molecule has 0 aromatic heterocycles. The van der Waals surface area contributed by atoms with E-state index < -0.39 is 17.7 Å². The van der Waals surface area contributed by atoms with E-state index in [1.807, 2.05) is 6.92 Å². The number of carbonyl (C=O) groups is 1. The molecular formula is C26H30F2N2O4S. The summed E-state index contributed by atoms with van der Waals surface area (Å²) < 4.78 is 35.2. The fraction of sp³-hybridized carbons (Fsp3) is 0.269. The number of rotatable bonds is 12. The molecule has 0 radical (unpaired) electrons. The van der Waals surface area contributed by atoms with E-state index in [1.54, 1.807) is 35.5 Å². The quantitative estimate of drug-likeness (QED) is 0.212. The number of carbonyl (C=O) groups excluding carboxylic acids is 1. The number of halogens is 2. The molecule has 2 aromatic rings. The van der Waals surface area contributed by atoms with Crippen molar-refractivity contribution in [3.05, 3.63) is 101 Å². The monoisotopic (exact) mass is 504 g/mol. The number of aliphatic hydroxyl groups excluding tert-OH is 2. The molecule has 0 bridgehead atoms. The Morgan fingerprint density at radius 3 is 2.69 bits per heavy atom. The maximum atomic E-state index is 14.5. The number of hydrogen-bond donors (Lipinski definition) is 3. The van der Waals surface area contributed by atoms with Gasteiger partial charge in [0.05, 0.1) is 12.8 Å². The van der Waals surface area contributed by atoms with E-state index in [4.69, 9.17) is 4.74 Å². The molecule has 2 aromatic carbocycles. The van der Waals surface area contributed by atoms with Crippen molar-refractivity contribution in [1.29, 1.82) is 0 Å². The summed E-state index contributed by atoms with van der Waals surface area (Å²) in [4.78, 5) is 12.5. The summed E-state index contributed by atoms with van der Waals surface area (Å²) in [6, 6.07) is 8.81. The molecule has 0 saturated carbocycles. The molecule has 3 N–H and O–H groups in total. The van der Waals surface area contributed by atoms with Crippen LogP contribution in [0.25, 0.3) is 0 Å². The van der Waals surface area contributed by atoms with Crippen LogP contribution in [0.4, 0.5) is 14.5 Å². The fourth-order valence-corrected chi connectivity index (χ4v) is 4.21. The number of amides is 1. The first-order valence-electron chi connectivity index (χ1n) is 10.9. The maximum absolute atomic E-state index is 14.5. The van der Waals surface area contributed by atoms with Crippen LogP contribution in [-0.4, -0.2) is 42.1 Å². The predicted molar refractivity (Wildman–Crippen MR) is 136 cm³/mol. The summed E-state index contributed by atoms with van der Waals surface area (Å²) in [5.74, 6) is -2.05. The second-order valence-electron chi connectivity index (χ2n) is 7.45. The van der Waals surface area contributed by atoms with Crippen molar-refractivity contribution in [2.75, 3.05) is 30.3 Å². The normalized spacial score (nSPS) is 12.7. The van der Waals surface area contributed by atoms with E-state index in [2.05, 4.69) is 11.9 Å². The highest BCUT2D eigenvalue weighted by molar-refractivity contribution is 8.00. The molecule has 2 rings (SSSR count). The molecule has 1 unspecified atom stereocenters. The first kappa shape index (κ1) is 27.9. The van der Waals surface area contributed by atoms with Crippen molar-refractivity contribution in [3.8, 4) is 0 Å². The minimum Gasteiger partial charge on any atom is -0.504 e. The van der Waals surface area contributed by atoms with Crippen molar-refractivity contribution in [2.24, 2.45) is 0 Å². The molecule has 9 heteroatoms. The summed E-state index contributed by atoms with van der Waals surface area (Å²) in [7, 11) is 1.41. The van der Waals surface area contributed by atoms with E-state index in [1.165, 1.54) is 43.3 Å². The molecule has 0 heterocycles. The lowest BCUT2D eigenvalue weighted by molar-refractivity contribution is -0.119. The lowest BCUT2D eigenvalue weighted by Crippen LogP contribution is -2.34. The van der Waals surface area contributed by atoms with Gasteiger partial charge in [0.25, 0.3) is 0 Å². The number of ether oxygens (including phenoxy) is 1. The maximum Gasteiger partial charge on any atom is 0.240 e. The predicted octanol–water partition coefficient (Wildman–Crippen LogP) is 5.10. The number of allylic oxidation sites excluding steroid dienone is 2. The van der Waals surface area contributed by atoms with E-state index in [-0.39, 0.29) is 35.3 Å². The summed E-state index contributed by atoms with van der Waals surface area (Å²) >= 11 is 1.22. The zero-order valence-corrected chi connectivity index (χ0v) is 20.7. The molecule has 1 atom stereocenters. The van der Waals surface area contributed by atoms with Gasteiger partial charge in [-0.3, -0.25) is 4.79 Å². The van der Waals surface area contributed by atoms with Crippen molar-refractivity contribution in [2.45, 2.75) is 20.0 Å². The second kappa shape index (κ2) is 13.6. The van der Waals surface area contributed by atoms with Crippen molar-refractivity contribution < 1.29 is 28.5 Å². The third-order valence-corrected chi connectivity index (χ3v) is 5.88. The molecule has 35 heavy (non-hydrogen) atoms. The molecule has 6 nitrogen and oxygen atoms in total. The van der Waals surface area contributed by atoms with Crippen LogP contribution in [0.15, 0.2) is 72.7 Å². The van der Waals surface area contributed by atoms with Crippen LogP contribution in [0.2, 0.25) is 0 Å². The SMILES string of the molecule is C=C/C=C(O)\C(=C/CSN(CC(=O)NCC)c1ccc(C)cc1C(O)c1cccc(F)c1F)OC. The van der Waals surface area contributed by atoms with Gasteiger partial charge < -0.3 is 24.6 Å². The summed E-state index contributed by atoms with van der Waals surface area (Å²) in [6.45, 7) is 7.50. The number of methoxy groups -OCH3 is 1. The molecule has 1 amide bonds. The summed E-state index contributed by atoms with van der Waals surface area (Å²) in [6.07, 6.45) is 2.96. The van der Waals surface area contributed by atoms with Gasteiger partial charge in [0.1, 0.15) is 12.6 Å². The van der Waals surface area contributed by atoms with Crippen LogP contribution in [0.1, 0.15) is 29.7 Å². The average Bonchev–Trinajstić information content (AvgIpc) is 2.82. The first-order valence-corrected chi connectivity index (χ1v) is 11.8. The molecule has 0 fully saturated rings. The van der Waals surface area contributed by atoms with Crippen LogP contribution in [0.5, 0.6) is 0 Å². The van der Waals surface area contributed by atoms with Crippen LogP contribution in [0, 0.1) is 18.6 Å². The van der Waals surface area contributed by atoms with E-state index in [0.29, 0.717) is 17.8 Å². The Labute approximate surface area is 208 Å². The Kier molecular flexibility index (Phi) is 10.8. The van der Waals surface area contributed by atoms with E-state index in [9.17, 15) is 23.8 Å². The van der Waals surface area contributed by atoms with Gasteiger partial charge in [-0.15, -0.1) is 0 Å². The third-order valence-electron chi connectivity index (χ3n) is 4.93. The number of aliphatic hydroxyl groups is 2. The minimum atomic E-state index is -1.47. The Morgan fingerprint density at radius 2 is 2.03 bits per heavy atom. The Bertz CT molecular complexity index is 1100. The zero-order chi connectivity index (χ0) is 26.0. The molecule has 0 saturated heterocycles. The molecular weight excluding hydrogens is 474 g/mol. The van der Waals surface area contributed by atoms with Gasteiger partial charge in [-0.2, -0.15) is 0 Å². The van der Waals surface area contributed by atoms with Crippen molar-refractivity contribution >= 4 is 23.5 Å². The molecule has 188 valence electrons. The molecule has 0 spiro atoms. The lowest BCUT2D eigenvalue weighted by atomic mass is 9.97. The number of anilines is 1. The van der Waals surface area contributed by atoms with Gasteiger partial charge in [0.15, 0.2) is 23.2 Å². The highest BCUT2D eigenvalue weighted by Crippen LogP contribution is 2.36. The van der Waals surface area contributed by atoms with Crippen molar-refractivity contribution in [1.82, 2.24) is 5.32 Å². The van der Waals surface area contributed by atoms with Gasteiger partial charge in [0, 0.05) is 23.4 Å². The second-order valence-corrected chi connectivity index (χ2v) is 8.49. The Morgan fingerprint density at radius 1 is 1.29 bits per heavy atom. The number of aryl methyl sites for hydroxylation is 1. The minimum absolute atomic E-state index is 0.0719. The van der Waals surface area contributed by atoms with Crippen LogP contribution in [0.3, 0.4) is 0 Å². The standard InChI is InChI=1S/C26H30F2N2O4S/c1-5-8-22(31)23(34-4)13-14-35-30(16-24(32)29-6-2)21-12-11-17(3)15-19(21)26(33)18-9-7-10-20(27)25(18)28/h5,7-13,15,26,31,33H,1,6,14,16H2,2-4H3,(H,29,32)/b22-8+,23-13+. The van der Waals surface area contributed by atoms with E-state index >= 15 is 0 Å². The number of nitrogens with one attached hydrogen (secondary N) is 1. The lowest BCUT2D eigenvalue weighted by Gasteiger charge is -2.27. The number of hydrogen-bond acceptors (Lipinski definition) is 6. The first-order chi connectivity index (χ1) is 16.7. The smallest absolute Gasteiger partial charge is 0.240 e. The summed E-state index contributed by atoms with van der Waals surface area (Å²) in [5.41, 5.74) is 1.36. The van der Waals surface area contributed by atoms with Crippen LogP contribution >= 0.6 is 11.9 Å². The Balaban J connectivity index is 2.47. The fourth-order valence-electron chi connectivity index (χ4n) is 3.29. The molecule has 0 aliphatic heterocycles. The van der Waals surface area contributed by atoms with Gasteiger partial charge >= 0.3 is 0 Å². The van der Waals surface area contributed by atoms with Crippen molar-refractivity contribution in [3.63, 3.8) is 0 Å². The topological polar surface area (TPSA) is 82.0 Å². The molecule has 0 aliphatic rings. The van der Waals surface area contributed by atoms with Gasteiger partial charge in [-0.05, 0) is 50.1 Å². The third kappa shape index (κ3) is 7.60. The van der Waals surface area contributed by atoms with Gasteiger partial charge in [0.2, 0.25) is 5.91 Å². The highest BCUT2D eigenvalue weighted by Gasteiger charge is 2.24. The van der Waals surface area contributed by atoms with Crippen LogP contribution in [-0.2, 0) is 9.53 Å². The average molecular weight is 505 g/mol. The highest BCUT2D eigenvalue weighted by atomic mass is 32.2. The van der Waals surface area contributed by atoms with E-state index in [0.717, 1.165) is 11.6 Å². The van der Waals surface area contributed by atoms with Gasteiger partial charge in [-0.1, -0.05) is 42.5 Å². The molecule has 0 aliphatic carbocycles.